The minimum atomic E-state index is -2.81. The lowest BCUT2D eigenvalue weighted by atomic mass is 10.3. The highest BCUT2D eigenvalue weighted by atomic mass is 19.3. The van der Waals surface area contributed by atoms with Crippen LogP contribution in [0.25, 0.3) is 0 Å². The summed E-state index contributed by atoms with van der Waals surface area (Å²) in [5, 5.41) is 3.08. The van der Waals surface area contributed by atoms with Crippen molar-refractivity contribution in [1.29, 1.82) is 0 Å². The van der Waals surface area contributed by atoms with Crippen molar-refractivity contribution in [3.8, 4) is 5.75 Å². The first-order valence-corrected chi connectivity index (χ1v) is 5.04. The predicted octanol–water partition coefficient (Wildman–Crippen LogP) is 3.49. The minimum Gasteiger partial charge on any atom is -0.472 e. The Balaban J connectivity index is 1.96. The van der Waals surface area contributed by atoms with Gasteiger partial charge >= 0.3 is 6.61 Å². The molecule has 0 saturated carbocycles. The van der Waals surface area contributed by atoms with Gasteiger partial charge in [-0.25, -0.2) is 0 Å². The van der Waals surface area contributed by atoms with Gasteiger partial charge in [0.25, 0.3) is 0 Å². The van der Waals surface area contributed by atoms with E-state index >= 15 is 0 Å². The zero-order chi connectivity index (χ0) is 12.1. The number of ether oxygens (including phenoxy) is 1. The van der Waals surface area contributed by atoms with E-state index in [0.717, 1.165) is 5.56 Å². The Kier molecular flexibility index (Phi) is 3.59. The number of nitrogens with one attached hydrogen (secondary N) is 1. The normalized spacial score (nSPS) is 10.5. The van der Waals surface area contributed by atoms with Gasteiger partial charge in [0.15, 0.2) is 0 Å². The van der Waals surface area contributed by atoms with E-state index in [1.165, 1.54) is 12.1 Å². The molecule has 17 heavy (non-hydrogen) atoms. The molecule has 0 bridgehead atoms. The quantitative estimate of drug-likeness (QED) is 0.867. The molecule has 1 N–H and O–H groups in total. The van der Waals surface area contributed by atoms with Crippen LogP contribution in [0.2, 0.25) is 0 Å². The van der Waals surface area contributed by atoms with Gasteiger partial charge in [-0.3, -0.25) is 0 Å². The maximum absolute atomic E-state index is 12.0. The van der Waals surface area contributed by atoms with Gasteiger partial charge in [-0.05, 0) is 18.2 Å². The average molecular weight is 239 g/mol. The largest absolute Gasteiger partial charge is 0.472 e. The average Bonchev–Trinajstić information content (AvgIpc) is 2.79. The lowest BCUT2D eigenvalue weighted by Gasteiger charge is -2.08. The van der Waals surface area contributed by atoms with Crippen LogP contribution in [0.4, 0.5) is 14.5 Å². The zero-order valence-corrected chi connectivity index (χ0v) is 8.90. The highest BCUT2D eigenvalue weighted by molar-refractivity contribution is 5.48. The SMILES string of the molecule is FC(F)Oc1cccc(NCc2ccoc2)c1. The van der Waals surface area contributed by atoms with Gasteiger partial charge in [-0.15, -0.1) is 0 Å². The molecule has 0 saturated heterocycles. The van der Waals surface area contributed by atoms with Crippen molar-refractivity contribution < 1.29 is 17.9 Å². The Bertz CT molecular complexity index is 457. The molecule has 0 aliphatic rings. The molecule has 5 heteroatoms. The topological polar surface area (TPSA) is 34.4 Å². The summed E-state index contributed by atoms with van der Waals surface area (Å²) >= 11 is 0. The summed E-state index contributed by atoms with van der Waals surface area (Å²) in [6.07, 6.45) is 3.19. The van der Waals surface area contributed by atoms with Crippen LogP contribution in [0.5, 0.6) is 5.75 Å². The van der Waals surface area contributed by atoms with Crippen molar-refractivity contribution in [2.24, 2.45) is 0 Å². The second kappa shape index (κ2) is 5.34. The zero-order valence-electron chi connectivity index (χ0n) is 8.90. The van der Waals surface area contributed by atoms with E-state index in [0.29, 0.717) is 12.2 Å². The van der Waals surface area contributed by atoms with Gasteiger partial charge in [0, 0.05) is 23.9 Å². The maximum atomic E-state index is 12.0. The minimum absolute atomic E-state index is 0.136. The summed E-state index contributed by atoms with van der Waals surface area (Å²) in [4.78, 5) is 0. The molecule has 90 valence electrons. The maximum Gasteiger partial charge on any atom is 0.387 e. The third-order valence-electron chi connectivity index (χ3n) is 2.14. The van der Waals surface area contributed by atoms with E-state index in [1.807, 2.05) is 6.07 Å². The Labute approximate surface area is 97.0 Å². The monoisotopic (exact) mass is 239 g/mol. The fourth-order valence-electron chi connectivity index (χ4n) is 1.38. The summed E-state index contributed by atoms with van der Waals surface area (Å²) < 4.78 is 33.2. The van der Waals surface area contributed by atoms with Crippen LogP contribution < -0.4 is 10.1 Å². The molecule has 1 aromatic carbocycles. The summed E-state index contributed by atoms with van der Waals surface area (Å²) in [5.74, 6) is 0.136. The molecular formula is C12H11F2NO2. The van der Waals surface area contributed by atoms with Crippen molar-refractivity contribution in [3.05, 3.63) is 48.4 Å². The van der Waals surface area contributed by atoms with Gasteiger partial charge in [0.2, 0.25) is 0 Å². The molecule has 0 spiro atoms. The number of anilines is 1. The van der Waals surface area contributed by atoms with Crippen LogP contribution >= 0.6 is 0 Å². The van der Waals surface area contributed by atoms with Crippen LogP contribution in [-0.2, 0) is 6.54 Å². The van der Waals surface area contributed by atoms with Crippen molar-refractivity contribution >= 4 is 5.69 Å². The van der Waals surface area contributed by atoms with Crippen LogP contribution in [0.1, 0.15) is 5.56 Å². The van der Waals surface area contributed by atoms with Crippen molar-refractivity contribution in [1.82, 2.24) is 0 Å². The van der Waals surface area contributed by atoms with Crippen molar-refractivity contribution in [2.45, 2.75) is 13.2 Å². The highest BCUT2D eigenvalue weighted by Gasteiger charge is 2.04. The molecule has 3 nitrogen and oxygen atoms in total. The first kappa shape index (κ1) is 11.4. The molecule has 0 aliphatic carbocycles. The number of benzene rings is 1. The van der Waals surface area contributed by atoms with Gasteiger partial charge in [0.05, 0.1) is 12.5 Å². The first-order valence-electron chi connectivity index (χ1n) is 5.04. The molecule has 0 fully saturated rings. The van der Waals surface area contributed by atoms with Gasteiger partial charge in [-0.1, -0.05) is 6.07 Å². The molecule has 2 aromatic rings. The highest BCUT2D eigenvalue weighted by Crippen LogP contribution is 2.19. The van der Waals surface area contributed by atoms with E-state index in [4.69, 9.17) is 4.42 Å². The Morgan fingerprint density at radius 2 is 2.18 bits per heavy atom. The molecule has 0 atom stereocenters. The summed E-state index contributed by atoms with van der Waals surface area (Å²) in [7, 11) is 0. The van der Waals surface area contributed by atoms with Crippen LogP contribution in [0, 0.1) is 0 Å². The third kappa shape index (κ3) is 3.48. The summed E-state index contributed by atoms with van der Waals surface area (Å²) in [6.45, 7) is -2.24. The van der Waals surface area contributed by atoms with Crippen LogP contribution in [-0.4, -0.2) is 6.61 Å². The Morgan fingerprint density at radius 1 is 1.29 bits per heavy atom. The lowest BCUT2D eigenvalue weighted by molar-refractivity contribution is -0.0498. The predicted molar refractivity (Wildman–Crippen MR) is 59.1 cm³/mol. The van der Waals surface area contributed by atoms with Crippen LogP contribution in [0.15, 0.2) is 47.3 Å². The van der Waals surface area contributed by atoms with E-state index in [1.54, 1.807) is 24.7 Å². The fraction of sp³-hybridized carbons (Fsp3) is 0.167. The molecule has 1 aromatic heterocycles. The first-order chi connectivity index (χ1) is 8.24. The van der Waals surface area contributed by atoms with Crippen molar-refractivity contribution in [3.63, 3.8) is 0 Å². The Morgan fingerprint density at radius 3 is 2.88 bits per heavy atom. The second-order valence-corrected chi connectivity index (χ2v) is 3.39. The molecule has 0 aliphatic heterocycles. The second-order valence-electron chi connectivity index (χ2n) is 3.39. The van der Waals surface area contributed by atoms with Gasteiger partial charge < -0.3 is 14.5 Å². The molecular weight excluding hydrogens is 228 g/mol. The lowest BCUT2D eigenvalue weighted by Crippen LogP contribution is -2.03. The molecule has 2 rings (SSSR count). The Hall–Kier alpha value is -2.04. The summed E-state index contributed by atoms with van der Waals surface area (Å²) in [6, 6.07) is 8.25. The van der Waals surface area contributed by atoms with Gasteiger partial charge in [-0.2, -0.15) is 8.78 Å². The molecule has 1 heterocycles. The number of alkyl halides is 2. The standard InChI is InChI=1S/C12H11F2NO2/c13-12(14)17-11-3-1-2-10(6-11)15-7-9-4-5-16-8-9/h1-6,8,12,15H,7H2. The van der Waals surface area contributed by atoms with Gasteiger partial charge in [0.1, 0.15) is 5.75 Å². The molecule has 0 radical (unpaired) electrons. The number of hydrogen-bond acceptors (Lipinski definition) is 3. The van der Waals surface area contributed by atoms with Crippen LogP contribution in [0.3, 0.4) is 0 Å². The third-order valence-corrected chi connectivity index (χ3v) is 2.14. The number of halogens is 2. The summed E-state index contributed by atoms with van der Waals surface area (Å²) in [5.41, 5.74) is 1.69. The van der Waals surface area contributed by atoms with E-state index in [9.17, 15) is 8.78 Å². The van der Waals surface area contributed by atoms with Crippen molar-refractivity contribution in [2.75, 3.05) is 5.32 Å². The molecule has 0 amide bonds. The van der Waals surface area contributed by atoms with E-state index in [2.05, 4.69) is 10.1 Å². The molecule has 0 unspecified atom stereocenters. The van der Waals surface area contributed by atoms with E-state index in [-0.39, 0.29) is 5.75 Å². The number of rotatable bonds is 5. The van der Waals surface area contributed by atoms with E-state index < -0.39 is 6.61 Å². The fourth-order valence-corrected chi connectivity index (χ4v) is 1.38. The smallest absolute Gasteiger partial charge is 0.387 e. The number of furan rings is 1. The number of hydrogen-bond donors (Lipinski definition) is 1.